The van der Waals surface area contributed by atoms with Gasteiger partial charge in [0.05, 0.1) is 12.7 Å². The highest BCUT2D eigenvalue weighted by molar-refractivity contribution is 5.50. The van der Waals surface area contributed by atoms with Gasteiger partial charge in [0.25, 0.3) is 0 Å². The number of anilines is 1. The SMILES string of the molecule is CCC1CCCCC1OCCNc1ccccc1C. The molecule has 2 heteroatoms. The van der Waals surface area contributed by atoms with Crippen molar-refractivity contribution in [2.24, 2.45) is 5.92 Å². The second kappa shape index (κ2) is 7.54. The van der Waals surface area contributed by atoms with E-state index in [1.54, 1.807) is 0 Å². The normalized spacial score (nSPS) is 23.3. The molecule has 0 saturated heterocycles. The second-order valence-electron chi connectivity index (χ2n) is 5.60. The zero-order valence-corrected chi connectivity index (χ0v) is 12.3. The molecule has 106 valence electrons. The summed E-state index contributed by atoms with van der Waals surface area (Å²) < 4.78 is 6.09. The number of para-hydroxylation sites is 1. The van der Waals surface area contributed by atoms with Gasteiger partial charge in [-0.05, 0) is 37.3 Å². The zero-order valence-electron chi connectivity index (χ0n) is 12.3. The van der Waals surface area contributed by atoms with Crippen LogP contribution < -0.4 is 5.32 Å². The van der Waals surface area contributed by atoms with Crippen molar-refractivity contribution >= 4 is 5.69 Å². The molecular formula is C17H27NO. The summed E-state index contributed by atoms with van der Waals surface area (Å²) in [5.74, 6) is 0.784. The zero-order chi connectivity index (χ0) is 13.5. The molecule has 0 spiro atoms. The molecule has 19 heavy (non-hydrogen) atoms. The maximum atomic E-state index is 6.09. The van der Waals surface area contributed by atoms with Gasteiger partial charge < -0.3 is 10.1 Å². The van der Waals surface area contributed by atoms with Gasteiger partial charge in [0.2, 0.25) is 0 Å². The van der Waals surface area contributed by atoms with E-state index in [0.717, 1.165) is 19.1 Å². The molecule has 2 unspecified atom stereocenters. The van der Waals surface area contributed by atoms with Crippen molar-refractivity contribution in [1.82, 2.24) is 0 Å². The molecule has 1 aliphatic carbocycles. The van der Waals surface area contributed by atoms with Crippen LogP contribution in [0.2, 0.25) is 0 Å². The Morgan fingerprint density at radius 3 is 2.79 bits per heavy atom. The van der Waals surface area contributed by atoms with Crippen LogP contribution in [0.15, 0.2) is 24.3 Å². The van der Waals surface area contributed by atoms with E-state index in [2.05, 4.69) is 43.4 Å². The van der Waals surface area contributed by atoms with Crippen LogP contribution in [-0.2, 0) is 4.74 Å². The molecule has 1 aromatic carbocycles. The second-order valence-corrected chi connectivity index (χ2v) is 5.60. The number of rotatable bonds is 6. The van der Waals surface area contributed by atoms with E-state index in [0.29, 0.717) is 6.10 Å². The lowest BCUT2D eigenvalue weighted by atomic mass is 9.85. The van der Waals surface area contributed by atoms with Crippen LogP contribution in [0.4, 0.5) is 5.69 Å². The Morgan fingerprint density at radius 2 is 2.00 bits per heavy atom. The smallest absolute Gasteiger partial charge is 0.0642 e. The van der Waals surface area contributed by atoms with Crippen molar-refractivity contribution in [2.75, 3.05) is 18.5 Å². The molecule has 0 aliphatic heterocycles. The fraction of sp³-hybridized carbons (Fsp3) is 0.647. The molecule has 0 aromatic heterocycles. The van der Waals surface area contributed by atoms with Crippen molar-refractivity contribution in [1.29, 1.82) is 0 Å². The highest BCUT2D eigenvalue weighted by Gasteiger charge is 2.23. The average molecular weight is 261 g/mol. The van der Waals surface area contributed by atoms with E-state index in [-0.39, 0.29) is 0 Å². The van der Waals surface area contributed by atoms with Crippen molar-refractivity contribution in [3.8, 4) is 0 Å². The summed E-state index contributed by atoms with van der Waals surface area (Å²) in [7, 11) is 0. The van der Waals surface area contributed by atoms with E-state index < -0.39 is 0 Å². The Kier molecular flexibility index (Phi) is 5.71. The number of aryl methyl sites for hydroxylation is 1. The summed E-state index contributed by atoms with van der Waals surface area (Å²) in [6, 6.07) is 8.41. The van der Waals surface area contributed by atoms with Gasteiger partial charge in [-0.25, -0.2) is 0 Å². The van der Waals surface area contributed by atoms with Crippen LogP contribution >= 0.6 is 0 Å². The van der Waals surface area contributed by atoms with Gasteiger partial charge in [-0.15, -0.1) is 0 Å². The topological polar surface area (TPSA) is 21.3 Å². The van der Waals surface area contributed by atoms with Crippen LogP contribution in [0.25, 0.3) is 0 Å². The molecule has 0 bridgehead atoms. The summed E-state index contributed by atoms with van der Waals surface area (Å²) in [5, 5.41) is 3.46. The van der Waals surface area contributed by atoms with Crippen LogP contribution in [0.1, 0.15) is 44.6 Å². The highest BCUT2D eigenvalue weighted by Crippen LogP contribution is 2.28. The van der Waals surface area contributed by atoms with Gasteiger partial charge in [-0.2, -0.15) is 0 Å². The van der Waals surface area contributed by atoms with Crippen molar-refractivity contribution in [2.45, 2.75) is 52.1 Å². The molecule has 1 saturated carbocycles. The molecule has 0 heterocycles. The van der Waals surface area contributed by atoms with Gasteiger partial charge in [-0.3, -0.25) is 0 Å². The van der Waals surface area contributed by atoms with E-state index in [4.69, 9.17) is 4.74 Å². The number of benzene rings is 1. The Labute approximate surface area is 117 Å². The maximum Gasteiger partial charge on any atom is 0.0642 e. The fourth-order valence-electron chi connectivity index (χ4n) is 3.03. The van der Waals surface area contributed by atoms with Crippen molar-refractivity contribution in [3.05, 3.63) is 29.8 Å². The quantitative estimate of drug-likeness (QED) is 0.767. The summed E-state index contributed by atoms with van der Waals surface area (Å²) in [4.78, 5) is 0. The van der Waals surface area contributed by atoms with E-state index in [9.17, 15) is 0 Å². The van der Waals surface area contributed by atoms with Crippen LogP contribution in [0.3, 0.4) is 0 Å². The van der Waals surface area contributed by atoms with Crippen LogP contribution in [-0.4, -0.2) is 19.3 Å². The molecule has 2 rings (SSSR count). The first kappa shape index (κ1) is 14.4. The van der Waals surface area contributed by atoms with Crippen LogP contribution in [0.5, 0.6) is 0 Å². The Hall–Kier alpha value is -1.02. The van der Waals surface area contributed by atoms with Gasteiger partial charge in [0.1, 0.15) is 0 Å². The average Bonchev–Trinajstić information content (AvgIpc) is 2.45. The highest BCUT2D eigenvalue weighted by atomic mass is 16.5. The summed E-state index contributed by atoms with van der Waals surface area (Å²) >= 11 is 0. The molecule has 1 aromatic rings. The van der Waals surface area contributed by atoms with Crippen LogP contribution in [0, 0.1) is 12.8 Å². The number of ether oxygens (including phenoxy) is 1. The third kappa shape index (κ3) is 4.24. The van der Waals surface area contributed by atoms with E-state index >= 15 is 0 Å². The number of hydrogen-bond acceptors (Lipinski definition) is 2. The first-order valence-corrected chi connectivity index (χ1v) is 7.72. The lowest BCUT2D eigenvalue weighted by Gasteiger charge is -2.30. The Balaban J connectivity index is 1.70. The lowest BCUT2D eigenvalue weighted by molar-refractivity contribution is -0.00688. The Bertz CT molecular complexity index is 377. The predicted molar refractivity (Wildman–Crippen MR) is 81.7 cm³/mol. The van der Waals surface area contributed by atoms with Gasteiger partial charge in [0.15, 0.2) is 0 Å². The molecular weight excluding hydrogens is 234 g/mol. The summed E-state index contributed by atoms with van der Waals surface area (Å²) in [6.07, 6.45) is 7.09. The minimum absolute atomic E-state index is 0.498. The van der Waals surface area contributed by atoms with Gasteiger partial charge >= 0.3 is 0 Å². The van der Waals surface area contributed by atoms with E-state index in [1.807, 2.05) is 0 Å². The van der Waals surface area contributed by atoms with Gasteiger partial charge in [0, 0.05) is 12.2 Å². The third-order valence-corrected chi connectivity index (χ3v) is 4.26. The number of hydrogen-bond donors (Lipinski definition) is 1. The fourth-order valence-corrected chi connectivity index (χ4v) is 3.03. The molecule has 1 N–H and O–H groups in total. The molecule has 0 radical (unpaired) electrons. The molecule has 1 aliphatic rings. The molecule has 2 nitrogen and oxygen atoms in total. The first-order valence-electron chi connectivity index (χ1n) is 7.72. The minimum atomic E-state index is 0.498. The van der Waals surface area contributed by atoms with Gasteiger partial charge in [-0.1, -0.05) is 44.4 Å². The van der Waals surface area contributed by atoms with Crippen molar-refractivity contribution in [3.63, 3.8) is 0 Å². The molecule has 0 amide bonds. The summed E-state index contributed by atoms with van der Waals surface area (Å²) in [5.41, 5.74) is 2.52. The minimum Gasteiger partial charge on any atom is -0.383 e. The molecule has 1 fully saturated rings. The standard InChI is InChI=1S/C17H27NO/c1-3-15-9-5-7-11-17(15)19-13-12-18-16-10-6-4-8-14(16)2/h4,6,8,10,15,17-18H,3,5,7,9,11-13H2,1-2H3. The molecule has 2 atom stereocenters. The Morgan fingerprint density at radius 1 is 1.21 bits per heavy atom. The first-order chi connectivity index (χ1) is 9.31. The number of nitrogens with one attached hydrogen (secondary N) is 1. The predicted octanol–water partition coefficient (Wildman–Crippen LogP) is 4.39. The summed E-state index contributed by atoms with van der Waals surface area (Å²) in [6.45, 7) is 6.14. The van der Waals surface area contributed by atoms with E-state index in [1.165, 1.54) is 43.4 Å². The largest absolute Gasteiger partial charge is 0.383 e. The lowest BCUT2D eigenvalue weighted by Crippen LogP contribution is -2.29. The third-order valence-electron chi connectivity index (χ3n) is 4.26. The monoisotopic (exact) mass is 261 g/mol. The maximum absolute atomic E-state index is 6.09. The van der Waals surface area contributed by atoms with Crippen molar-refractivity contribution < 1.29 is 4.74 Å².